The van der Waals surface area contributed by atoms with Gasteiger partial charge in [0, 0.05) is 34.6 Å². The maximum absolute atomic E-state index is 12.8. The number of benzene rings is 3. The van der Waals surface area contributed by atoms with E-state index in [-0.39, 0.29) is 5.91 Å². The molecule has 1 amide bonds. The average Bonchev–Trinajstić information content (AvgIpc) is 3.53. The van der Waals surface area contributed by atoms with E-state index in [4.69, 9.17) is 0 Å². The van der Waals surface area contributed by atoms with Gasteiger partial charge in [-0.1, -0.05) is 42.5 Å². The molecule has 0 aliphatic heterocycles. The van der Waals surface area contributed by atoms with Gasteiger partial charge in [0.15, 0.2) is 0 Å². The summed E-state index contributed by atoms with van der Waals surface area (Å²) in [7, 11) is 0. The molecule has 0 fully saturated rings. The first-order valence-electron chi connectivity index (χ1n) is 10.9. The molecule has 0 bridgehead atoms. The van der Waals surface area contributed by atoms with E-state index >= 15 is 0 Å². The smallest absolute Gasteiger partial charge is 0.255 e. The van der Waals surface area contributed by atoms with Gasteiger partial charge in [0.1, 0.15) is 12.0 Å². The van der Waals surface area contributed by atoms with Crippen molar-refractivity contribution in [3.8, 4) is 11.3 Å². The Kier molecular flexibility index (Phi) is 4.85. The zero-order valence-electron chi connectivity index (χ0n) is 18.1. The number of carbonyl (C=O) groups is 1. The number of anilines is 1. The van der Waals surface area contributed by atoms with Gasteiger partial charge in [-0.05, 0) is 46.7 Å². The quantitative estimate of drug-likeness (QED) is 0.379. The first-order valence-corrected chi connectivity index (χ1v) is 10.9. The fourth-order valence-electron chi connectivity index (χ4n) is 4.14. The third-order valence-corrected chi connectivity index (χ3v) is 5.80. The molecule has 6 rings (SSSR count). The summed E-state index contributed by atoms with van der Waals surface area (Å²) in [5.74, 6) is -0.136. The Labute approximate surface area is 195 Å². The summed E-state index contributed by atoms with van der Waals surface area (Å²) in [5, 5.41) is 10.6. The lowest BCUT2D eigenvalue weighted by molar-refractivity contribution is 0.102. The Balaban J connectivity index is 1.20. The molecule has 0 atom stereocenters. The highest BCUT2D eigenvalue weighted by molar-refractivity contribution is 6.06. The third kappa shape index (κ3) is 3.80. The fourth-order valence-corrected chi connectivity index (χ4v) is 4.14. The SMILES string of the molecule is O=C(Nc1cccc(Cn2cc(-c3ncnc4[nH]ccc34)cn2)c1)c1ccc2ccccc2c1. The second kappa shape index (κ2) is 8.29. The van der Waals surface area contributed by atoms with Crippen LogP contribution in [0.1, 0.15) is 15.9 Å². The van der Waals surface area contributed by atoms with Crippen LogP contribution in [-0.4, -0.2) is 30.6 Å². The number of nitrogens with one attached hydrogen (secondary N) is 2. The van der Waals surface area contributed by atoms with Gasteiger partial charge < -0.3 is 10.3 Å². The summed E-state index contributed by atoms with van der Waals surface area (Å²) in [5.41, 5.74) is 4.96. The Morgan fingerprint density at radius 1 is 0.941 bits per heavy atom. The molecule has 0 saturated carbocycles. The minimum atomic E-state index is -0.136. The van der Waals surface area contributed by atoms with Crippen molar-refractivity contribution < 1.29 is 4.79 Å². The highest BCUT2D eigenvalue weighted by Gasteiger charge is 2.11. The zero-order valence-corrected chi connectivity index (χ0v) is 18.1. The van der Waals surface area contributed by atoms with Crippen LogP contribution in [0.15, 0.2) is 97.7 Å². The number of nitrogens with zero attached hydrogens (tertiary/aromatic N) is 4. The van der Waals surface area contributed by atoms with E-state index in [9.17, 15) is 4.79 Å². The summed E-state index contributed by atoms with van der Waals surface area (Å²) in [6, 6.07) is 23.5. The zero-order chi connectivity index (χ0) is 22.9. The van der Waals surface area contributed by atoms with Crippen LogP contribution in [0.25, 0.3) is 33.1 Å². The molecule has 0 radical (unpaired) electrons. The monoisotopic (exact) mass is 444 g/mol. The van der Waals surface area contributed by atoms with Crippen LogP contribution in [0.5, 0.6) is 0 Å². The summed E-state index contributed by atoms with van der Waals surface area (Å²) in [6.45, 7) is 0.570. The Bertz CT molecular complexity index is 1650. The van der Waals surface area contributed by atoms with Gasteiger partial charge in [0.25, 0.3) is 5.91 Å². The molecule has 7 heteroatoms. The lowest BCUT2D eigenvalue weighted by atomic mass is 10.1. The lowest BCUT2D eigenvalue weighted by Crippen LogP contribution is -2.12. The number of hydrogen-bond acceptors (Lipinski definition) is 4. The summed E-state index contributed by atoms with van der Waals surface area (Å²) in [6.07, 6.45) is 7.17. The minimum Gasteiger partial charge on any atom is -0.346 e. The van der Waals surface area contributed by atoms with Crippen molar-refractivity contribution in [2.45, 2.75) is 6.54 Å². The second-order valence-corrected chi connectivity index (χ2v) is 8.11. The molecule has 34 heavy (non-hydrogen) atoms. The number of fused-ring (bicyclic) bond motifs is 2. The molecule has 0 spiro atoms. The van der Waals surface area contributed by atoms with Crippen molar-refractivity contribution >= 4 is 33.4 Å². The molecule has 164 valence electrons. The van der Waals surface area contributed by atoms with E-state index in [0.29, 0.717) is 12.1 Å². The van der Waals surface area contributed by atoms with Gasteiger partial charge in [-0.25, -0.2) is 9.97 Å². The van der Waals surface area contributed by atoms with Crippen LogP contribution < -0.4 is 5.32 Å². The first-order chi connectivity index (χ1) is 16.7. The molecule has 2 N–H and O–H groups in total. The minimum absolute atomic E-state index is 0.136. The van der Waals surface area contributed by atoms with Crippen LogP contribution >= 0.6 is 0 Å². The van der Waals surface area contributed by atoms with Crippen molar-refractivity contribution in [1.29, 1.82) is 0 Å². The fraction of sp³-hybridized carbons (Fsp3) is 0.0370. The van der Waals surface area contributed by atoms with E-state index in [1.165, 1.54) is 0 Å². The lowest BCUT2D eigenvalue weighted by Gasteiger charge is -2.09. The van der Waals surface area contributed by atoms with Crippen molar-refractivity contribution in [1.82, 2.24) is 24.7 Å². The number of carbonyl (C=O) groups excluding carboxylic acids is 1. The number of hydrogen-bond donors (Lipinski definition) is 2. The van der Waals surface area contributed by atoms with Crippen molar-refractivity contribution in [2.24, 2.45) is 0 Å². The highest BCUT2D eigenvalue weighted by Crippen LogP contribution is 2.24. The van der Waals surface area contributed by atoms with Gasteiger partial charge in [0.2, 0.25) is 0 Å². The molecule has 0 unspecified atom stereocenters. The molecule has 0 aliphatic rings. The molecular weight excluding hydrogens is 424 g/mol. The predicted molar refractivity (Wildman–Crippen MR) is 133 cm³/mol. The van der Waals surface area contributed by atoms with Gasteiger partial charge >= 0.3 is 0 Å². The van der Waals surface area contributed by atoms with Gasteiger partial charge in [-0.3, -0.25) is 9.48 Å². The van der Waals surface area contributed by atoms with Crippen LogP contribution in [0.4, 0.5) is 5.69 Å². The summed E-state index contributed by atoms with van der Waals surface area (Å²) >= 11 is 0. The highest BCUT2D eigenvalue weighted by atomic mass is 16.1. The molecule has 0 aliphatic carbocycles. The summed E-state index contributed by atoms with van der Waals surface area (Å²) < 4.78 is 1.86. The van der Waals surface area contributed by atoms with Crippen molar-refractivity contribution in [2.75, 3.05) is 5.32 Å². The van der Waals surface area contributed by atoms with E-state index in [1.54, 1.807) is 12.5 Å². The standard InChI is InChI=1S/C27H20N6O/c34-27(21-9-8-19-5-1-2-6-20(19)13-21)32-23-7-3-4-18(12-23)15-33-16-22(14-31-33)25-24-10-11-28-26(24)30-17-29-25/h1-14,16-17H,15H2,(H,32,34)(H,28,29,30). The van der Waals surface area contributed by atoms with Crippen LogP contribution in [-0.2, 0) is 6.54 Å². The third-order valence-electron chi connectivity index (χ3n) is 5.80. The maximum Gasteiger partial charge on any atom is 0.255 e. The van der Waals surface area contributed by atoms with E-state index < -0.39 is 0 Å². The second-order valence-electron chi connectivity index (χ2n) is 8.11. The molecule has 3 aromatic heterocycles. The number of rotatable bonds is 5. The van der Waals surface area contributed by atoms with Crippen LogP contribution in [0.3, 0.4) is 0 Å². The average molecular weight is 444 g/mol. The maximum atomic E-state index is 12.8. The van der Waals surface area contributed by atoms with Crippen LogP contribution in [0, 0.1) is 0 Å². The van der Waals surface area contributed by atoms with Gasteiger partial charge in [0.05, 0.1) is 18.4 Å². The first kappa shape index (κ1) is 19.9. The van der Waals surface area contributed by atoms with Gasteiger partial charge in [-0.2, -0.15) is 5.10 Å². The van der Waals surface area contributed by atoms with Crippen molar-refractivity contribution in [3.63, 3.8) is 0 Å². The van der Waals surface area contributed by atoms with Crippen molar-refractivity contribution in [3.05, 3.63) is 109 Å². The van der Waals surface area contributed by atoms with E-state index in [1.807, 2.05) is 89.9 Å². The Morgan fingerprint density at radius 2 is 1.85 bits per heavy atom. The topological polar surface area (TPSA) is 88.5 Å². The van der Waals surface area contributed by atoms with E-state index in [2.05, 4.69) is 25.4 Å². The van der Waals surface area contributed by atoms with Gasteiger partial charge in [-0.15, -0.1) is 0 Å². The molecule has 3 aromatic carbocycles. The number of H-pyrrole nitrogens is 1. The number of aromatic nitrogens is 5. The summed E-state index contributed by atoms with van der Waals surface area (Å²) in [4.78, 5) is 24.6. The molecule has 7 nitrogen and oxygen atoms in total. The molecular formula is C27H20N6O. The largest absolute Gasteiger partial charge is 0.346 e. The Hall–Kier alpha value is -4.78. The van der Waals surface area contributed by atoms with E-state index in [0.717, 1.165) is 44.3 Å². The molecule has 6 aromatic rings. The Morgan fingerprint density at radius 3 is 2.79 bits per heavy atom. The molecule has 0 saturated heterocycles. The van der Waals surface area contributed by atoms with Crippen LogP contribution in [0.2, 0.25) is 0 Å². The molecule has 3 heterocycles. The normalized spacial score (nSPS) is 11.2. The number of amides is 1. The number of aromatic amines is 1. The predicted octanol–water partition coefficient (Wildman–Crippen LogP) is 5.28.